The minimum Gasteiger partial charge on any atom is -0.370 e. The molecule has 3 rings (SSSR count). The van der Waals surface area contributed by atoms with Crippen molar-refractivity contribution in [1.82, 2.24) is 14.6 Å². The summed E-state index contributed by atoms with van der Waals surface area (Å²) in [4.78, 5) is 4.17. The molecule has 1 aromatic carbocycles. The molecule has 0 fully saturated rings. The molecule has 4 nitrogen and oxygen atoms in total. The van der Waals surface area contributed by atoms with E-state index >= 15 is 0 Å². The van der Waals surface area contributed by atoms with Gasteiger partial charge in [-0.25, -0.2) is 9.37 Å². The van der Waals surface area contributed by atoms with Gasteiger partial charge >= 0.3 is 0 Å². The molecule has 0 aliphatic carbocycles. The minimum absolute atomic E-state index is 0.163. The van der Waals surface area contributed by atoms with E-state index in [9.17, 15) is 4.39 Å². The smallest absolute Gasteiger partial charge is 0.157 e. The second-order valence-corrected chi connectivity index (χ2v) is 4.72. The number of fused-ring (bicyclic) bond motifs is 1. The number of pyridine rings is 1. The van der Waals surface area contributed by atoms with Gasteiger partial charge in [-0.05, 0) is 42.7 Å². The minimum atomic E-state index is -0.163. The van der Waals surface area contributed by atoms with Crippen LogP contribution in [-0.4, -0.2) is 21.1 Å². The lowest BCUT2D eigenvalue weighted by Crippen LogP contribution is -2.10. The van der Waals surface area contributed by atoms with Crippen molar-refractivity contribution >= 4 is 11.5 Å². The fourth-order valence-corrected chi connectivity index (χ4v) is 2.21. The summed E-state index contributed by atoms with van der Waals surface area (Å²) in [6, 6.07) is 10.8. The number of hydrogen-bond acceptors (Lipinski definition) is 3. The third kappa shape index (κ3) is 2.47. The molecule has 0 aliphatic heterocycles. The van der Waals surface area contributed by atoms with Crippen LogP contribution in [0.1, 0.15) is 11.1 Å². The molecule has 0 radical (unpaired) electrons. The van der Waals surface area contributed by atoms with Crippen molar-refractivity contribution in [3.8, 4) is 0 Å². The molecule has 0 bridgehead atoms. The molecule has 2 aromatic heterocycles. The number of hydrogen-bond donors (Lipinski definition) is 1. The number of halogens is 1. The summed E-state index contributed by atoms with van der Waals surface area (Å²) in [6.07, 6.45) is 2.15. The molecule has 0 unspecified atom stereocenters. The molecule has 0 spiro atoms. The highest BCUT2D eigenvalue weighted by Gasteiger charge is 2.04. The van der Waals surface area contributed by atoms with E-state index in [-0.39, 0.29) is 5.82 Å². The highest BCUT2D eigenvalue weighted by Crippen LogP contribution is 2.13. The molecule has 0 atom stereocenters. The molecule has 0 saturated heterocycles. The molecule has 1 N–H and O–H groups in total. The fraction of sp³-hybridized carbons (Fsp3) is 0.200. The van der Waals surface area contributed by atoms with Crippen molar-refractivity contribution in [2.45, 2.75) is 13.3 Å². The number of benzene rings is 1. The van der Waals surface area contributed by atoms with Crippen molar-refractivity contribution in [2.24, 2.45) is 0 Å². The maximum Gasteiger partial charge on any atom is 0.157 e. The summed E-state index contributed by atoms with van der Waals surface area (Å²) >= 11 is 0. The Morgan fingerprint density at radius 1 is 1.25 bits per heavy atom. The molecule has 3 aromatic rings. The van der Waals surface area contributed by atoms with Crippen molar-refractivity contribution in [1.29, 1.82) is 0 Å². The highest BCUT2D eigenvalue weighted by atomic mass is 19.1. The summed E-state index contributed by atoms with van der Waals surface area (Å²) in [5, 5.41) is 7.46. The summed E-state index contributed by atoms with van der Waals surface area (Å²) in [5.41, 5.74) is 2.62. The first-order chi connectivity index (χ1) is 9.74. The Labute approximate surface area is 116 Å². The Morgan fingerprint density at radius 3 is 2.95 bits per heavy atom. The molecule has 0 saturated carbocycles. The van der Waals surface area contributed by atoms with Gasteiger partial charge in [-0.15, -0.1) is 0 Å². The van der Waals surface area contributed by atoms with Crippen LogP contribution in [0.5, 0.6) is 0 Å². The monoisotopic (exact) mass is 270 g/mol. The van der Waals surface area contributed by atoms with E-state index in [0.717, 1.165) is 17.0 Å². The van der Waals surface area contributed by atoms with Crippen LogP contribution in [0, 0.1) is 12.7 Å². The van der Waals surface area contributed by atoms with Gasteiger partial charge in [-0.3, -0.25) is 0 Å². The van der Waals surface area contributed by atoms with Crippen LogP contribution in [0.2, 0.25) is 0 Å². The average Bonchev–Trinajstić information content (AvgIpc) is 2.89. The van der Waals surface area contributed by atoms with E-state index in [0.29, 0.717) is 18.5 Å². The third-order valence-electron chi connectivity index (χ3n) is 3.18. The Kier molecular flexibility index (Phi) is 3.33. The van der Waals surface area contributed by atoms with Crippen molar-refractivity contribution in [2.75, 3.05) is 11.9 Å². The van der Waals surface area contributed by atoms with Crippen LogP contribution in [0.15, 0.2) is 42.7 Å². The number of nitrogens with zero attached hydrogens (tertiary/aromatic N) is 3. The van der Waals surface area contributed by atoms with Crippen LogP contribution in [0.25, 0.3) is 5.65 Å². The lowest BCUT2D eigenvalue weighted by molar-refractivity contribution is 0.610. The van der Waals surface area contributed by atoms with Crippen molar-refractivity contribution < 1.29 is 4.39 Å². The SMILES string of the molecule is Cc1cc(NCCc2ccccc2F)n2ncnc2c1. The van der Waals surface area contributed by atoms with Gasteiger partial charge in [0.05, 0.1) is 0 Å². The van der Waals surface area contributed by atoms with Gasteiger partial charge in [-0.2, -0.15) is 9.61 Å². The lowest BCUT2D eigenvalue weighted by Gasteiger charge is -2.09. The van der Waals surface area contributed by atoms with Crippen LogP contribution in [-0.2, 0) is 6.42 Å². The maximum absolute atomic E-state index is 13.5. The quantitative estimate of drug-likeness (QED) is 0.792. The first-order valence-electron chi connectivity index (χ1n) is 6.52. The van der Waals surface area contributed by atoms with Gasteiger partial charge in [0, 0.05) is 6.54 Å². The maximum atomic E-state index is 13.5. The molecule has 2 heterocycles. The van der Waals surface area contributed by atoms with Gasteiger partial charge in [0.25, 0.3) is 0 Å². The third-order valence-corrected chi connectivity index (χ3v) is 3.18. The Morgan fingerprint density at radius 2 is 2.10 bits per heavy atom. The zero-order valence-corrected chi connectivity index (χ0v) is 11.2. The Bertz CT molecular complexity index is 736. The van der Waals surface area contributed by atoms with Crippen LogP contribution < -0.4 is 5.32 Å². The van der Waals surface area contributed by atoms with Gasteiger partial charge in [0.15, 0.2) is 5.65 Å². The Balaban J connectivity index is 1.74. The first kappa shape index (κ1) is 12.6. The van der Waals surface area contributed by atoms with E-state index in [2.05, 4.69) is 15.4 Å². The number of aromatic nitrogens is 3. The van der Waals surface area contributed by atoms with Gasteiger partial charge in [0.1, 0.15) is 18.0 Å². The topological polar surface area (TPSA) is 42.2 Å². The van der Waals surface area contributed by atoms with Crippen LogP contribution in [0.3, 0.4) is 0 Å². The van der Waals surface area contributed by atoms with Crippen LogP contribution in [0.4, 0.5) is 10.2 Å². The molecular weight excluding hydrogens is 255 g/mol. The van der Waals surface area contributed by atoms with E-state index < -0.39 is 0 Å². The zero-order valence-electron chi connectivity index (χ0n) is 11.2. The predicted molar refractivity (Wildman–Crippen MR) is 76.3 cm³/mol. The second-order valence-electron chi connectivity index (χ2n) is 4.72. The number of aryl methyl sites for hydroxylation is 1. The first-order valence-corrected chi connectivity index (χ1v) is 6.52. The molecular formula is C15H15FN4. The predicted octanol–water partition coefficient (Wildman–Crippen LogP) is 2.83. The molecule has 102 valence electrons. The standard InChI is InChI=1S/C15H15FN4/c1-11-8-14(20-15(9-11)18-10-19-20)17-7-6-12-4-2-3-5-13(12)16/h2-5,8-10,17H,6-7H2,1H3. The second kappa shape index (κ2) is 5.28. The number of nitrogens with one attached hydrogen (secondary N) is 1. The summed E-state index contributed by atoms with van der Waals surface area (Å²) < 4.78 is 15.3. The van der Waals surface area contributed by atoms with E-state index in [1.54, 1.807) is 16.6 Å². The number of rotatable bonds is 4. The van der Waals surface area contributed by atoms with E-state index in [1.807, 2.05) is 25.1 Å². The van der Waals surface area contributed by atoms with Gasteiger partial charge in [0.2, 0.25) is 0 Å². The van der Waals surface area contributed by atoms with Crippen molar-refractivity contribution in [3.63, 3.8) is 0 Å². The van der Waals surface area contributed by atoms with E-state index in [1.165, 1.54) is 12.4 Å². The molecule has 0 aliphatic rings. The summed E-state index contributed by atoms with van der Waals surface area (Å²) in [5.74, 6) is 0.707. The molecule has 5 heteroatoms. The Hall–Kier alpha value is -2.43. The fourth-order valence-electron chi connectivity index (χ4n) is 2.21. The molecule has 20 heavy (non-hydrogen) atoms. The van der Waals surface area contributed by atoms with E-state index in [4.69, 9.17) is 0 Å². The highest BCUT2D eigenvalue weighted by molar-refractivity contribution is 5.51. The molecule has 0 amide bonds. The lowest BCUT2D eigenvalue weighted by atomic mass is 10.1. The van der Waals surface area contributed by atoms with Crippen LogP contribution >= 0.6 is 0 Å². The summed E-state index contributed by atoms with van der Waals surface area (Å²) in [7, 11) is 0. The zero-order chi connectivity index (χ0) is 13.9. The van der Waals surface area contributed by atoms with Crippen molar-refractivity contribution in [3.05, 3.63) is 59.7 Å². The normalized spacial score (nSPS) is 10.9. The average molecular weight is 270 g/mol. The summed E-state index contributed by atoms with van der Waals surface area (Å²) in [6.45, 7) is 2.65. The van der Waals surface area contributed by atoms with Gasteiger partial charge < -0.3 is 5.32 Å². The van der Waals surface area contributed by atoms with Gasteiger partial charge in [-0.1, -0.05) is 18.2 Å². The largest absolute Gasteiger partial charge is 0.370 e. The number of anilines is 1.